The molecule has 0 radical (unpaired) electrons. The number of anilines is 1. The normalized spacial score (nSPS) is 15.8. The Kier molecular flexibility index (Phi) is 6.35. The van der Waals surface area contributed by atoms with Crippen molar-refractivity contribution >= 4 is 34.0 Å². The maximum absolute atomic E-state index is 12.7. The van der Waals surface area contributed by atoms with Crippen molar-refractivity contribution in [2.45, 2.75) is 51.5 Å². The number of tetrazole rings is 1. The molecule has 9 heteroatoms. The van der Waals surface area contributed by atoms with E-state index in [-0.39, 0.29) is 17.9 Å². The number of nitrogens with zero attached hydrogens (tertiary/aromatic N) is 5. The summed E-state index contributed by atoms with van der Waals surface area (Å²) in [6.07, 6.45) is 4.93. The fraction of sp³-hybridized carbons (Fsp3) is 0.435. The number of hydrogen-bond acceptors (Lipinski definition) is 7. The number of aromatic nitrogens is 4. The second-order valence-corrected chi connectivity index (χ2v) is 11.0. The largest absolute Gasteiger partial charge is 0.315 e. The third-order valence-corrected chi connectivity index (χ3v) is 7.85. The van der Waals surface area contributed by atoms with Gasteiger partial charge in [0.2, 0.25) is 11.7 Å². The van der Waals surface area contributed by atoms with Gasteiger partial charge in [-0.15, -0.1) is 33.3 Å². The first-order valence-corrected chi connectivity index (χ1v) is 12.6. The number of rotatable bonds is 5. The van der Waals surface area contributed by atoms with Crippen LogP contribution in [0.3, 0.4) is 0 Å². The van der Waals surface area contributed by atoms with Crippen LogP contribution < -0.4 is 5.32 Å². The summed E-state index contributed by atoms with van der Waals surface area (Å²) in [4.78, 5) is 16.3. The highest BCUT2D eigenvalue weighted by Gasteiger charge is 2.32. The molecule has 0 spiro atoms. The highest BCUT2D eigenvalue weighted by Crippen LogP contribution is 2.44. The summed E-state index contributed by atoms with van der Waals surface area (Å²) in [7, 11) is 0. The molecule has 0 aliphatic heterocycles. The molecule has 1 aliphatic carbocycles. The van der Waals surface area contributed by atoms with Crippen LogP contribution >= 0.6 is 23.1 Å². The van der Waals surface area contributed by atoms with Crippen LogP contribution in [-0.4, -0.2) is 32.4 Å². The van der Waals surface area contributed by atoms with Gasteiger partial charge in [-0.1, -0.05) is 20.8 Å². The van der Waals surface area contributed by atoms with Crippen LogP contribution in [0.15, 0.2) is 29.2 Å². The first-order valence-electron chi connectivity index (χ1n) is 10.5. The number of fused-ring (bicyclic) bond motifs is 1. The van der Waals surface area contributed by atoms with E-state index < -0.39 is 0 Å². The van der Waals surface area contributed by atoms with Crippen molar-refractivity contribution < 1.29 is 4.79 Å². The van der Waals surface area contributed by atoms with Gasteiger partial charge in [-0.2, -0.15) is 10.1 Å². The van der Waals surface area contributed by atoms with Crippen LogP contribution in [0.4, 0.5) is 5.00 Å². The predicted octanol–water partition coefficient (Wildman–Crippen LogP) is 4.78. The number of nitriles is 1. The van der Waals surface area contributed by atoms with Gasteiger partial charge >= 0.3 is 0 Å². The average Bonchev–Trinajstić information content (AvgIpc) is 3.36. The number of carbonyl (C=O) groups is 1. The number of benzene rings is 1. The van der Waals surface area contributed by atoms with Crippen molar-refractivity contribution in [1.82, 2.24) is 20.2 Å². The standard InChI is InChI=1S/C23H26N6OS2/c1-23(2,3)15-7-10-17-18(12-24)22(32-19(17)11-15)25-20(30)13-29-27-21(26-28-29)14-5-8-16(31-4)9-6-14/h5-6,8-9,15H,7,10-11,13H2,1-4H3,(H,25,30)/t15-/m1/s1. The van der Waals surface area contributed by atoms with Gasteiger partial charge in [0.05, 0.1) is 5.56 Å². The number of amides is 1. The van der Waals surface area contributed by atoms with Crippen molar-refractivity contribution in [3.63, 3.8) is 0 Å². The summed E-state index contributed by atoms with van der Waals surface area (Å²) in [5.74, 6) is 0.781. The van der Waals surface area contributed by atoms with Gasteiger partial charge in [-0.05, 0) is 71.9 Å². The predicted molar refractivity (Wildman–Crippen MR) is 128 cm³/mol. The van der Waals surface area contributed by atoms with Crippen molar-refractivity contribution in [3.05, 3.63) is 40.3 Å². The molecule has 1 aliphatic rings. The van der Waals surface area contributed by atoms with Crippen LogP contribution in [0.5, 0.6) is 0 Å². The molecular weight excluding hydrogens is 440 g/mol. The summed E-state index contributed by atoms with van der Waals surface area (Å²) in [6, 6.07) is 10.2. The highest BCUT2D eigenvalue weighted by molar-refractivity contribution is 7.98. The molecule has 3 aromatic rings. The van der Waals surface area contributed by atoms with Crippen molar-refractivity contribution in [2.75, 3.05) is 11.6 Å². The SMILES string of the molecule is CSc1ccc(-c2nnn(CC(=O)Nc3sc4c(c3C#N)CC[C@@H](C(C)(C)C)C4)n2)cc1. The monoisotopic (exact) mass is 466 g/mol. The number of carbonyl (C=O) groups excluding carboxylic acids is 1. The van der Waals surface area contributed by atoms with Crippen LogP contribution in [0.1, 0.15) is 43.2 Å². The average molecular weight is 467 g/mol. The fourth-order valence-electron chi connectivity index (χ4n) is 3.99. The number of hydrogen-bond donors (Lipinski definition) is 1. The maximum atomic E-state index is 12.7. The van der Waals surface area contributed by atoms with Crippen LogP contribution in [-0.2, 0) is 24.2 Å². The summed E-state index contributed by atoms with van der Waals surface area (Å²) in [6.45, 7) is 6.73. The second-order valence-electron chi connectivity index (χ2n) is 9.05. The Bertz CT molecular complexity index is 1170. The topological polar surface area (TPSA) is 96.5 Å². The lowest BCUT2D eigenvalue weighted by molar-refractivity contribution is -0.117. The number of nitrogens with one attached hydrogen (secondary N) is 1. The minimum Gasteiger partial charge on any atom is -0.315 e. The molecule has 4 rings (SSSR count). The van der Waals surface area contributed by atoms with E-state index in [0.29, 0.717) is 22.3 Å². The molecule has 0 fully saturated rings. The van der Waals surface area contributed by atoms with Gasteiger partial charge < -0.3 is 5.32 Å². The van der Waals surface area contributed by atoms with Crippen LogP contribution in [0.2, 0.25) is 0 Å². The molecule has 1 N–H and O–H groups in total. The third-order valence-electron chi connectivity index (χ3n) is 5.94. The quantitative estimate of drug-likeness (QED) is 0.543. The Labute approximate surface area is 196 Å². The molecule has 1 amide bonds. The Balaban J connectivity index is 1.45. The lowest BCUT2D eigenvalue weighted by Crippen LogP contribution is -2.26. The molecule has 0 unspecified atom stereocenters. The summed E-state index contributed by atoms with van der Waals surface area (Å²) in [5.41, 5.74) is 2.78. The van der Waals surface area contributed by atoms with E-state index in [2.05, 4.69) is 47.6 Å². The van der Waals surface area contributed by atoms with Crippen molar-refractivity contribution in [1.29, 1.82) is 5.26 Å². The first-order chi connectivity index (χ1) is 15.3. The Morgan fingerprint density at radius 1 is 1.34 bits per heavy atom. The zero-order valence-corrected chi connectivity index (χ0v) is 20.3. The highest BCUT2D eigenvalue weighted by atomic mass is 32.2. The molecule has 2 aromatic heterocycles. The summed E-state index contributed by atoms with van der Waals surface area (Å²) in [5, 5.41) is 25.7. The van der Waals surface area contributed by atoms with E-state index in [4.69, 9.17) is 0 Å². The molecule has 1 atom stereocenters. The van der Waals surface area contributed by atoms with Gasteiger partial charge in [0, 0.05) is 15.3 Å². The van der Waals surface area contributed by atoms with E-state index in [1.807, 2.05) is 30.5 Å². The summed E-state index contributed by atoms with van der Waals surface area (Å²) >= 11 is 3.19. The number of thioether (sulfide) groups is 1. The van der Waals surface area contributed by atoms with Gasteiger partial charge in [0.25, 0.3) is 0 Å². The molecule has 32 heavy (non-hydrogen) atoms. The molecule has 1 aromatic carbocycles. The Morgan fingerprint density at radius 3 is 2.75 bits per heavy atom. The molecule has 0 saturated carbocycles. The lowest BCUT2D eigenvalue weighted by Gasteiger charge is -2.33. The maximum Gasteiger partial charge on any atom is 0.248 e. The third kappa shape index (κ3) is 4.71. The summed E-state index contributed by atoms with van der Waals surface area (Å²) < 4.78 is 0. The van der Waals surface area contributed by atoms with Crippen molar-refractivity contribution in [3.8, 4) is 17.5 Å². The van der Waals surface area contributed by atoms with E-state index in [1.165, 1.54) is 21.0 Å². The molecule has 2 heterocycles. The molecule has 0 saturated heterocycles. The molecule has 166 valence electrons. The van der Waals surface area contributed by atoms with E-state index in [9.17, 15) is 10.1 Å². The first kappa shape index (κ1) is 22.5. The van der Waals surface area contributed by atoms with Gasteiger partial charge in [-0.3, -0.25) is 4.79 Å². The van der Waals surface area contributed by atoms with Gasteiger partial charge in [0.1, 0.15) is 17.6 Å². The second kappa shape index (κ2) is 9.04. The van der Waals surface area contributed by atoms with E-state index in [0.717, 1.165) is 35.3 Å². The lowest BCUT2D eigenvalue weighted by atomic mass is 9.72. The van der Waals surface area contributed by atoms with Crippen LogP contribution in [0, 0.1) is 22.7 Å². The van der Waals surface area contributed by atoms with E-state index in [1.54, 1.807) is 11.8 Å². The zero-order valence-electron chi connectivity index (χ0n) is 18.7. The molecule has 0 bridgehead atoms. The molecule has 7 nitrogen and oxygen atoms in total. The number of thiophene rings is 1. The van der Waals surface area contributed by atoms with E-state index >= 15 is 0 Å². The van der Waals surface area contributed by atoms with Crippen molar-refractivity contribution in [2.24, 2.45) is 11.3 Å². The van der Waals surface area contributed by atoms with Gasteiger partial charge in [-0.25, -0.2) is 0 Å². The zero-order chi connectivity index (χ0) is 22.9. The Morgan fingerprint density at radius 2 is 2.09 bits per heavy atom. The Hall–Kier alpha value is -2.70. The smallest absolute Gasteiger partial charge is 0.248 e. The van der Waals surface area contributed by atoms with Gasteiger partial charge in [0.15, 0.2) is 0 Å². The van der Waals surface area contributed by atoms with Crippen LogP contribution in [0.25, 0.3) is 11.4 Å². The minimum atomic E-state index is -0.269. The molecular formula is C23H26N6OS2. The fourth-order valence-corrected chi connectivity index (χ4v) is 5.69. The minimum absolute atomic E-state index is 0.0616.